The Morgan fingerprint density at radius 2 is 1.82 bits per heavy atom. The molecule has 0 saturated carbocycles. The SMILES string of the molecule is C=C/C(C)=C/C[C@H]1O[C@@]2(CC[C@H](C)[C@H](/C=C/C(C)=C/C(=O)OC)O2)CC[C@@H]1C. The number of ether oxygens (including phenoxy) is 3. The Hall–Kier alpha value is -1.65. The topological polar surface area (TPSA) is 44.8 Å². The van der Waals surface area contributed by atoms with E-state index in [1.807, 2.05) is 19.1 Å². The molecule has 0 unspecified atom stereocenters. The summed E-state index contributed by atoms with van der Waals surface area (Å²) in [5, 5.41) is 0. The lowest BCUT2D eigenvalue weighted by atomic mass is 9.83. The number of carbonyl (C=O) groups is 1. The monoisotopic (exact) mass is 388 g/mol. The van der Waals surface area contributed by atoms with E-state index in [1.54, 1.807) is 0 Å². The number of hydrogen-bond donors (Lipinski definition) is 0. The first-order chi connectivity index (χ1) is 13.3. The average molecular weight is 389 g/mol. The van der Waals surface area contributed by atoms with Crippen molar-refractivity contribution in [2.45, 2.75) is 77.8 Å². The summed E-state index contributed by atoms with van der Waals surface area (Å²) in [6.07, 6.45) is 14.7. The second-order valence-electron chi connectivity index (χ2n) is 8.34. The van der Waals surface area contributed by atoms with Gasteiger partial charge in [0.25, 0.3) is 0 Å². The fourth-order valence-electron chi connectivity index (χ4n) is 3.82. The number of methoxy groups -OCH3 is 1. The molecule has 1 spiro atoms. The summed E-state index contributed by atoms with van der Waals surface area (Å²) in [4.78, 5) is 11.4. The van der Waals surface area contributed by atoms with Gasteiger partial charge in [-0.25, -0.2) is 4.79 Å². The normalized spacial score (nSPS) is 34.6. The highest BCUT2D eigenvalue weighted by molar-refractivity contribution is 5.83. The van der Waals surface area contributed by atoms with Crippen molar-refractivity contribution in [3.8, 4) is 0 Å². The highest BCUT2D eigenvalue weighted by Gasteiger charge is 2.45. The molecule has 2 heterocycles. The van der Waals surface area contributed by atoms with Gasteiger partial charge in [0.05, 0.1) is 19.3 Å². The lowest BCUT2D eigenvalue weighted by molar-refractivity contribution is -0.323. The maximum Gasteiger partial charge on any atom is 0.330 e. The van der Waals surface area contributed by atoms with Crippen molar-refractivity contribution in [1.29, 1.82) is 0 Å². The largest absolute Gasteiger partial charge is 0.466 e. The lowest BCUT2D eigenvalue weighted by Gasteiger charge is -2.49. The van der Waals surface area contributed by atoms with E-state index in [9.17, 15) is 4.79 Å². The van der Waals surface area contributed by atoms with Crippen LogP contribution in [-0.2, 0) is 19.0 Å². The number of allylic oxidation sites excluding steroid dienone is 4. The minimum Gasteiger partial charge on any atom is -0.466 e. The predicted molar refractivity (Wildman–Crippen MR) is 113 cm³/mol. The third-order valence-electron chi connectivity index (χ3n) is 5.96. The van der Waals surface area contributed by atoms with Gasteiger partial charge in [-0.1, -0.05) is 50.3 Å². The van der Waals surface area contributed by atoms with Crippen molar-refractivity contribution >= 4 is 5.97 Å². The van der Waals surface area contributed by atoms with E-state index in [0.29, 0.717) is 11.8 Å². The minimum absolute atomic E-state index is 0.0192. The van der Waals surface area contributed by atoms with Crippen molar-refractivity contribution in [2.24, 2.45) is 11.8 Å². The first-order valence-electron chi connectivity index (χ1n) is 10.4. The molecule has 156 valence electrons. The van der Waals surface area contributed by atoms with Gasteiger partial charge in [0.15, 0.2) is 5.79 Å². The Balaban J connectivity index is 2.08. The van der Waals surface area contributed by atoms with Gasteiger partial charge >= 0.3 is 5.97 Å². The third-order valence-corrected chi connectivity index (χ3v) is 5.96. The molecule has 0 N–H and O–H groups in total. The summed E-state index contributed by atoms with van der Waals surface area (Å²) in [7, 11) is 1.38. The Bertz CT molecular complexity index is 641. The maximum atomic E-state index is 11.4. The molecule has 5 atom stereocenters. The molecule has 0 aromatic rings. The molecule has 0 amide bonds. The molecule has 28 heavy (non-hydrogen) atoms. The molecule has 4 heteroatoms. The van der Waals surface area contributed by atoms with Crippen molar-refractivity contribution in [2.75, 3.05) is 7.11 Å². The molecule has 2 aliphatic heterocycles. The highest BCUT2D eigenvalue weighted by Crippen LogP contribution is 2.43. The molecule has 2 rings (SSSR count). The number of esters is 1. The van der Waals surface area contributed by atoms with Gasteiger partial charge in [0.1, 0.15) is 0 Å². The molecule has 0 aromatic heterocycles. The van der Waals surface area contributed by atoms with Gasteiger partial charge in [0.2, 0.25) is 0 Å². The molecule has 4 nitrogen and oxygen atoms in total. The number of rotatable bonds is 6. The zero-order valence-corrected chi connectivity index (χ0v) is 18.1. The quantitative estimate of drug-likeness (QED) is 0.342. The Labute approximate surface area is 170 Å². The summed E-state index contributed by atoms with van der Waals surface area (Å²) >= 11 is 0. The van der Waals surface area contributed by atoms with Crippen LogP contribution in [0.15, 0.2) is 48.1 Å². The molecule has 0 aliphatic carbocycles. The number of carbonyl (C=O) groups excluding carboxylic acids is 1. The molecule has 0 aromatic carbocycles. The van der Waals surface area contributed by atoms with E-state index in [-0.39, 0.29) is 18.2 Å². The van der Waals surface area contributed by atoms with E-state index in [0.717, 1.165) is 37.7 Å². The maximum absolute atomic E-state index is 11.4. The van der Waals surface area contributed by atoms with E-state index in [4.69, 9.17) is 9.47 Å². The van der Waals surface area contributed by atoms with Crippen molar-refractivity contribution < 1.29 is 19.0 Å². The Morgan fingerprint density at radius 3 is 2.46 bits per heavy atom. The first kappa shape index (κ1) is 22.6. The van der Waals surface area contributed by atoms with Crippen molar-refractivity contribution in [3.63, 3.8) is 0 Å². The number of hydrogen-bond acceptors (Lipinski definition) is 4. The summed E-state index contributed by atoms with van der Waals surface area (Å²) in [5.74, 6) is 0.0968. The summed E-state index contributed by atoms with van der Waals surface area (Å²) in [6, 6.07) is 0. The van der Waals surface area contributed by atoms with Crippen molar-refractivity contribution in [3.05, 3.63) is 48.1 Å². The highest BCUT2D eigenvalue weighted by atomic mass is 16.7. The van der Waals surface area contributed by atoms with Crippen LogP contribution in [0, 0.1) is 11.8 Å². The van der Waals surface area contributed by atoms with Crippen LogP contribution >= 0.6 is 0 Å². The molecule has 2 fully saturated rings. The fourth-order valence-corrected chi connectivity index (χ4v) is 3.82. The van der Waals surface area contributed by atoms with Crippen LogP contribution in [0.25, 0.3) is 0 Å². The van der Waals surface area contributed by atoms with Crippen LogP contribution in [0.2, 0.25) is 0 Å². The molecular formula is C24H36O4. The van der Waals surface area contributed by atoms with Gasteiger partial charge in [-0.3, -0.25) is 0 Å². The first-order valence-corrected chi connectivity index (χ1v) is 10.4. The molecular weight excluding hydrogens is 352 g/mol. The standard InChI is InChI=1S/C24H36O4/c1-7-17(2)8-10-21-19(4)12-14-24(27-21)15-13-20(5)22(28-24)11-9-18(3)16-23(25)26-6/h7-9,11,16,19-22H,1,10,12-15H2,2-6H3/b11-9+,17-8+,18-16+/t19-,20-,21+,22-,24-/m0/s1. The minimum atomic E-state index is -0.491. The third kappa shape index (κ3) is 6.18. The fraction of sp³-hybridized carbons (Fsp3) is 0.625. The summed E-state index contributed by atoms with van der Waals surface area (Å²) < 4.78 is 17.8. The second-order valence-corrected chi connectivity index (χ2v) is 8.34. The second kappa shape index (κ2) is 10.2. The van der Waals surface area contributed by atoms with E-state index in [2.05, 4.69) is 44.2 Å². The van der Waals surface area contributed by atoms with Gasteiger partial charge in [0, 0.05) is 18.9 Å². The zero-order chi connectivity index (χ0) is 20.7. The Morgan fingerprint density at radius 1 is 1.14 bits per heavy atom. The van der Waals surface area contributed by atoms with Crippen LogP contribution in [0.1, 0.15) is 59.8 Å². The zero-order valence-electron chi connectivity index (χ0n) is 18.1. The van der Waals surface area contributed by atoms with Crippen LogP contribution in [0.3, 0.4) is 0 Å². The van der Waals surface area contributed by atoms with Crippen LogP contribution in [-0.4, -0.2) is 31.1 Å². The van der Waals surface area contributed by atoms with Gasteiger partial charge in [-0.05, 0) is 50.5 Å². The lowest BCUT2D eigenvalue weighted by Crippen LogP contribution is -2.51. The van der Waals surface area contributed by atoms with Gasteiger partial charge in [-0.15, -0.1) is 0 Å². The van der Waals surface area contributed by atoms with E-state index < -0.39 is 5.79 Å². The van der Waals surface area contributed by atoms with Crippen LogP contribution < -0.4 is 0 Å². The molecule has 0 bridgehead atoms. The Kier molecular flexibility index (Phi) is 8.26. The summed E-state index contributed by atoms with van der Waals surface area (Å²) in [6.45, 7) is 12.3. The van der Waals surface area contributed by atoms with Crippen molar-refractivity contribution in [1.82, 2.24) is 0 Å². The predicted octanol–water partition coefficient (Wildman–Crippen LogP) is 5.51. The molecule has 2 saturated heterocycles. The summed E-state index contributed by atoms with van der Waals surface area (Å²) in [5.41, 5.74) is 2.03. The van der Waals surface area contributed by atoms with E-state index >= 15 is 0 Å². The molecule has 2 aliphatic rings. The average Bonchev–Trinajstić information content (AvgIpc) is 2.69. The van der Waals surface area contributed by atoms with Gasteiger partial charge in [-0.2, -0.15) is 0 Å². The van der Waals surface area contributed by atoms with E-state index in [1.165, 1.54) is 18.8 Å². The van der Waals surface area contributed by atoms with Crippen LogP contribution in [0.5, 0.6) is 0 Å². The van der Waals surface area contributed by atoms with Crippen LogP contribution in [0.4, 0.5) is 0 Å². The smallest absolute Gasteiger partial charge is 0.330 e. The van der Waals surface area contributed by atoms with Gasteiger partial charge < -0.3 is 14.2 Å². The molecule has 0 radical (unpaired) electrons.